The number of Topliss-reactive ketones (excluding diaryl/α,β-unsaturated/α-hetero) is 1. The number of carbonyl (C=O) groups is 4. The van der Waals surface area contributed by atoms with Gasteiger partial charge in [0, 0.05) is 18.6 Å². The number of alkyl halides is 1. The Hall–Kier alpha value is -3.11. The summed E-state index contributed by atoms with van der Waals surface area (Å²) in [6.07, 6.45) is 0. The first-order valence-corrected chi connectivity index (χ1v) is 11.9. The number of aromatic amines is 1. The maximum Gasteiger partial charge on any atom is 0.352 e. The maximum absolute atomic E-state index is 12.7. The predicted octanol–water partition coefficient (Wildman–Crippen LogP) is -1.89. The summed E-state index contributed by atoms with van der Waals surface area (Å²) in [5, 5.41) is 17.2. The Labute approximate surface area is 203 Å². The number of aliphatic carboxylic acids is 1. The van der Waals surface area contributed by atoms with Crippen LogP contribution in [0.15, 0.2) is 31.2 Å². The van der Waals surface area contributed by atoms with Gasteiger partial charge in [-0.1, -0.05) is 16.9 Å². The number of aromatic nitrogens is 3. The highest BCUT2D eigenvalue weighted by Gasteiger charge is 2.54. The lowest BCUT2D eigenvalue weighted by Crippen LogP contribution is -2.71. The van der Waals surface area contributed by atoms with Crippen LogP contribution in [0.5, 0.6) is 0 Å². The largest absolute Gasteiger partial charge is 0.477 e. The number of hydrogen-bond donors (Lipinski definition) is 3. The lowest BCUT2D eigenvalue weighted by Gasteiger charge is -2.49. The normalized spacial score (nSPS) is 19.9. The van der Waals surface area contributed by atoms with E-state index < -0.39 is 57.7 Å². The number of β-lactam (4-membered cyclic amide) rings is 1. The van der Waals surface area contributed by atoms with E-state index >= 15 is 0 Å². The molecule has 2 aliphatic rings. The van der Waals surface area contributed by atoms with E-state index in [0.29, 0.717) is 5.57 Å². The summed E-state index contributed by atoms with van der Waals surface area (Å²) in [5.74, 6) is -4.07. The lowest BCUT2D eigenvalue weighted by molar-refractivity contribution is -0.150. The minimum Gasteiger partial charge on any atom is -0.477 e. The summed E-state index contributed by atoms with van der Waals surface area (Å²) in [5.41, 5.74) is -2.35. The molecule has 3 heterocycles. The van der Waals surface area contributed by atoms with Gasteiger partial charge in [0.1, 0.15) is 24.2 Å². The van der Waals surface area contributed by atoms with Crippen molar-refractivity contribution in [3.63, 3.8) is 0 Å². The highest BCUT2D eigenvalue weighted by molar-refractivity contribution is 8.01. The number of fused-ring (bicyclic) bond motifs is 1. The van der Waals surface area contributed by atoms with E-state index in [2.05, 4.69) is 25.4 Å². The van der Waals surface area contributed by atoms with Crippen LogP contribution < -0.4 is 16.4 Å². The van der Waals surface area contributed by atoms with E-state index in [0.717, 1.165) is 23.8 Å². The van der Waals surface area contributed by atoms with Crippen molar-refractivity contribution in [2.24, 2.45) is 12.2 Å². The number of carboxylic acids is 1. The molecule has 34 heavy (non-hydrogen) atoms. The molecule has 2 atom stereocenters. The minimum absolute atomic E-state index is 0.0728. The number of oxime groups is 1. The zero-order valence-corrected chi connectivity index (χ0v) is 20.0. The van der Waals surface area contributed by atoms with Crippen LogP contribution in [0.4, 0.5) is 0 Å². The Bertz CT molecular complexity index is 1240. The summed E-state index contributed by atoms with van der Waals surface area (Å²) >= 11 is 7.68. The molecular weight excluding hydrogens is 516 g/mol. The van der Waals surface area contributed by atoms with Crippen molar-refractivity contribution in [3.8, 4) is 0 Å². The van der Waals surface area contributed by atoms with Crippen LogP contribution in [-0.2, 0) is 31.1 Å². The standard InChI is InChI=1S/C17H17ClN6O8S2/c1-23-17(20-12(27)13(28)21-23)34-5-6-4-33-15-9(14(29)24(15)10(6)16(30)31)19-11(26)8(22-32-2)7(25)3-18/h9,15H,3-5H2,1-2H3,(H,19,26)(H,21,28)(H,30,31)/b22-8-/t9-,15-/m1/s1. The number of nitrogens with zero attached hydrogens (tertiary/aromatic N) is 4. The second-order valence-electron chi connectivity index (χ2n) is 6.79. The molecule has 0 spiro atoms. The van der Waals surface area contributed by atoms with Crippen molar-refractivity contribution in [2.75, 3.05) is 24.5 Å². The summed E-state index contributed by atoms with van der Waals surface area (Å²) in [4.78, 5) is 80.9. The molecule has 0 unspecified atom stereocenters. The van der Waals surface area contributed by atoms with Gasteiger partial charge in [-0.05, 0) is 5.57 Å². The van der Waals surface area contributed by atoms with Crippen molar-refractivity contribution >= 4 is 64.4 Å². The predicted molar refractivity (Wildman–Crippen MR) is 121 cm³/mol. The molecule has 1 fully saturated rings. The average Bonchev–Trinajstić information content (AvgIpc) is 2.80. The molecule has 1 saturated heterocycles. The number of rotatable bonds is 9. The van der Waals surface area contributed by atoms with E-state index in [9.17, 15) is 33.9 Å². The van der Waals surface area contributed by atoms with Crippen LogP contribution >= 0.6 is 35.1 Å². The van der Waals surface area contributed by atoms with E-state index in [1.165, 1.54) is 23.5 Å². The van der Waals surface area contributed by atoms with Crippen LogP contribution in [-0.4, -0.2) is 90.0 Å². The van der Waals surface area contributed by atoms with Gasteiger partial charge in [0.25, 0.3) is 11.8 Å². The van der Waals surface area contributed by atoms with Gasteiger partial charge in [-0.25, -0.2) is 4.79 Å². The van der Waals surface area contributed by atoms with Crippen molar-refractivity contribution < 1.29 is 29.1 Å². The molecular formula is C17H17ClN6O8S2. The SMILES string of the molecule is CO/N=C(/C(=O)CCl)C(=O)N[C@@H]1C(=O)N2C(C(=O)O)=C(CSc3nc(=O)c(=O)[nH]n3C)CS[C@H]12. The molecule has 2 aliphatic heterocycles. The van der Waals surface area contributed by atoms with Gasteiger partial charge in [-0.2, -0.15) is 4.98 Å². The maximum atomic E-state index is 12.7. The van der Waals surface area contributed by atoms with Gasteiger partial charge in [0.2, 0.25) is 11.5 Å². The highest BCUT2D eigenvalue weighted by Crippen LogP contribution is 2.41. The fraction of sp³-hybridized carbons (Fsp3) is 0.412. The molecule has 1 aromatic heterocycles. The van der Waals surface area contributed by atoms with E-state index in [-0.39, 0.29) is 22.4 Å². The number of ketones is 1. The van der Waals surface area contributed by atoms with Crippen molar-refractivity contribution in [3.05, 3.63) is 32.0 Å². The Morgan fingerprint density at radius 2 is 2.09 bits per heavy atom. The monoisotopic (exact) mass is 532 g/mol. The molecule has 0 bridgehead atoms. The summed E-state index contributed by atoms with van der Waals surface area (Å²) < 4.78 is 1.23. The van der Waals surface area contributed by atoms with Gasteiger partial charge in [0.15, 0.2) is 5.16 Å². The molecule has 0 aliphatic carbocycles. The number of carboxylic acid groups (broad SMARTS) is 1. The van der Waals surface area contributed by atoms with E-state index in [1.54, 1.807) is 0 Å². The molecule has 1 aromatic rings. The van der Waals surface area contributed by atoms with Gasteiger partial charge < -0.3 is 15.3 Å². The number of nitrogens with one attached hydrogen (secondary N) is 2. The van der Waals surface area contributed by atoms with Crippen LogP contribution in [0.1, 0.15) is 0 Å². The van der Waals surface area contributed by atoms with Gasteiger partial charge in [0.05, 0.1) is 5.88 Å². The number of halogens is 1. The number of H-pyrrole nitrogens is 1. The third kappa shape index (κ3) is 4.88. The number of carbonyl (C=O) groups excluding carboxylic acids is 3. The summed E-state index contributed by atoms with van der Waals surface area (Å²) in [6, 6.07) is -1.09. The second-order valence-corrected chi connectivity index (χ2v) is 9.10. The summed E-state index contributed by atoms with van der Waals surface area (Å²) in [7, 11) is 2.60. The summed E-state index contributed by atoms with van der Waals surface area (Å²) in [6.45, 7) is 0. The molecule has 0 aromatic carbocycles. The first-order valence-electron chi connectivity index (χ1n) is 9.32. The minimum atomic E-state index is -1.35. The molecule has 182 valence electrons. The van der Waals surface area contributed by atoms with Gasteiger partial charge >= 0.3 is 17.1 Å². The second kappa shape index (κ2) is 10.4. The van der Waals surface area contributed by atoms with Crippen LogP contribution in [0, 0.1) is 0 Å². The third-order valence-electron chi connectivity index (χ3n) is 4.64. The van der Waals surface area contributed by atoms with Crippen LogP contribution in [0.2, 0.25) is 0 Å². The Balaban J connectivity index is 1.78. The molecule has 17 heteroatoms. The fourth-order valence-corrected chi connectivity index (χ4v) is 5.65. The molecule has 14 nitrogen and oxygen atoms in total. The van der Waals surface area contributed by atoms with E-state index in [4.69, 9.17) is 11.6 Å². The van der Waals surface area contributed by atoms with Crippen molar-refractivity contribution in [1.29, 1.82) is 0 Å². The fourth-order valence-electron chi connectivity index (χ4n) is 3.12. The number of aryl methyl sites for hydroxylation is 1. The highest BCUT2D eigenvalue weighted by atomic mass is 35.5. The zero-order valence-electron chi connectivity index (χ0n) is 17.6. The third-order valence-corrected chi connectivity index (χ3v) is 7.34. The average molecular weight is 533 g/mol. The van der Waals surface area contributed by atoms with Crippen LogP contribution in [0.3, 0.4) is 0 Å². The smallest absolute Gasteiger partial charge is 0.352 e. The van der Waals surface area contributed by atoms with Crippen molar-refractivity contribution in [1.82, 2.24) is 25.0 Å². The lowest BCUT2D eigenvalue weighted by atomic mass is 10.0. The van der Waals surface area contributed by atoms with Gasteiger partial charge in [-0.15, -0.1) is 23.4 Å². The first kappa shape index (κ1) is 25.5. The van der Waals surface area contributed by atoms with Crippen molar-refractivity contribution in [2.45, 2.75) is 16.6 Å². The molecule has 3 N–H and O–H groups in total. The van der Waals surface area contributed by atoms with E-state index in [1.807, 2.05) is 0 Å². The molecule has 2 amide bonds. The number of thioether (sulfide) groups is 2. The topological polar surface area (TPSA) is 193 Å². The quantitative estimate of drug-likeness (QED) is 0.0612. The Morgan fingerprint density at radius 3 is 2.71 bits per heavy atom. The van der Waals surface area contributed by atoms with Gasteiger partial charge in [-0.3, -0.25) is 38.7 Å². The zero-order chi connectivity index (χ0) is 25.2. The Morgan fingerprint density at radius 1 is 1.38 bits per heavy atom. The first-order chi connectivity index (χ1) is 16.1. The number of amides is 2. The number of hydrogen-bond acceptors (Lipinski definition) is 11. The molecule has 3 rings (SSSR count). The Kier molecular flexibility index (Phi) is 7.83. The van der Waals surface area contributed by atoms with Crippen LogP contribution in [0.25, 0.3) is 0 Å². The molecule has 0 radical (unpaired) electrons. The molecule has 0 saturated carbocycles.